The third kappa shape index (κ3) is 3.49. The van der Waals surface area contributed by atoms with E-state index in [1.165, 1.54) is 12.1 Å². The lowest BCUT2D eigenvalue weighted by molar-refractivity contribution is 0.302. The molecule has 0 amide bonds. The molecule has 0 bridgehead atoms. The van der Waals surface area contributed by atoms with Gasteiger partial charge in [-0.2, -0.15) is 0 Å². The third-order valence-corrected chi connectivity index (χ3v) is 3.51. The first-order valence-corrected chi connectivity index (χ1v) is 6.87. The van der Waals surface area contributed by atoms with Gasteiger partial charge in [0.05, 0.1) is 11.6 Å². The molecule has 0 atom stereocenters. The van der Waals surface area contributed by atoms with Crippen LogP contribution >= 0.6 is 15.9 Å². The Balaban J connectivity index is 2.12. The molecule has 2 aromatic carbocycles. The highest BCUT2D eigenvalue weighted by molar-refractivity contribution is 9.10. The Morgan fingerprint density at radius 1 is 1.15 bits per heavy atom. The van der Waals surface area contributed by atoms with Gasteiger partial charge < -0.3 is 15.2 Å². The van der Waals surface area contributed by atoms with Crippen molar-refractivity contribution in [3.05, 3.63) is 57.8 Å². The van der Waals surface area contributed by atoms with E-state index in [2.05, 4.69) is 15.9 Å². The van der Waals surface area contributed by atoms with Gasteiger partial charge in [0.1, 0.15) is 23.9 Å². The van der Waals surface area contributed by atoms with Crippen LogP contribution in [0, 0.1) is 5.82 Å². The fourth-order valence-electron chi connectivity index (χ4n) is 1.83. The van der Waals surface area contributed by atoms with Crippen molar-refractivity contribution >= 4 is 15.9 Å². The summed E-state index contributed by atoms with van der Waals surface area (Å²) in [5.41, 5.74) is 7.52. The van der Waals surface area contributed by atoms with Gasteiger partial charge in [0.15, 0.2) is 0 Å². The summed E-state index contributed by atoms with van der Waals surface area (Å²) in [5.74, 6) is 0.888. The molecule has 2 N–H and O–H groups in total. The normalized spacial score (nSPS) is 10.4. The highest BCUT2D eigenvalue weighted by Crippen LogP contribution is 2.27. The highest BCUT2D eigenvalue weighted by atomic mass is 79.9. The van der Waals surface area contributed by atoms with Crippen LogP contribution in [0.1, 0.15) is 11.1 Å². The van der Waals surface area contributed by atoms with Crippen molar-refractivity contribution in [2.24, 2.45) is 5.73 Å². The van der Waals surface area contributed by atoms with Gasteiger partial charge >= 0.3 is 0 Å². The van der Waals surface area contributed by atoms with E-state index >= 15 is 0 Å². The van der Waals surface area contributed by atoms with E-state index in [0.29, 0.717) is 23.4 Å². The van der Waals surface area contributed by atoms with Gasteiger partial charge in [-0.05, 0) is 45.8 Å². The highest BCUT2D eigenvalue weighted by Gasteiger charge is 2.06. The van der Waals surface area contributed by atoms with Gasteiger partial charge in [0, 0.05) is 18.2 Å². The third-order valence-electron chi connectivity index (χ3n) is 2.85. The van der Waals surface area contributed by atoms with E-state index in [9.17, 15) is 4.39 Å². The second kappa shape index (κ2) is 6.72. The van der Waals surface area contributed by atoms with Gasteiger partial charge in [0.25, 0.3) is 0 Å². The summed E-state index contributed by atoms with van der Waals surface area (Å²) in [6, 6.07) is 10.00. The van der Waals surface area contributed by atoms with Crippen molar-refractivity contribution in [1.29, 1.82) is 0 Å². The summed E-state index contributed by atoms with van der Waals surface area (Å²) in [6.45, 7) is 0.722. The quantitative estimate of drug-likeness (QED) is 0.904. The average molecular weight is 340 g/mol. The van der Waals surface area contributed by atoms with Crippen LogP contribution in [0.5, 0.6) is 11.5 Å². The molecule has 2 rings (SSSR count). The van der Waals surface area contributed by atoms with Crippen molar-refractivity contribution < 1.29 is 13.9 Å². The zero-order valence-corrected chi connectivity index (χ0v) is 12.6. The SMILES string of the molecule is COc1ccc(COc2cc(F)ccc2Br)cc1CN. The van der Waals surface area contributed by atoms with Crippen LogP contribution < -0.4 is 15.2 Å². The number of rotatable bonds is 5. The fraction of sp³-hybridized carbons (Fsp3) is 0.200. The topological polar surface area (TPSA) is 44.5 Å². The van der Waals surface area contributed by atoms with Crippen molar-refractivity contribution in [3.8, 4) is 11.5 Å². The van der Waals surface area contributed by atoms with E-state index in [0.717, 1.165) is 16.9 Å². The van der Waals surface area contributed by atoms with Gasteiger partial charge in [-0.3, -0.25) is 0 Å². The zero-order valence-electron chi connectivity index (χ0n) is 11.0. The van der Waals surface area contributed by atoms with Crippen LogP contribution in [-0.2, 0) is 13.2 Å². The Kier molecular flexibility index (Phi) is 4.98. The summed E-state index contributed by atoms with van der Waals surface area (Å²) < 4.78 is 24.7. The second-order valence-corrected chi connectivity index (χ2v) is 5.07. The predicted molar refractivity (Wildman–Crippen MR) is 79.3 cm³/mol. The molecule has 2 aromatic rings. The van der Waals surface area contributed by atoms with E-state index in [-0.39, 0.29) is 5.82 Å². The molecule has 20 heavy (non-hydrogen) atoms. The molecule has 3 nitrogen and oxygen atoms in total. The Morgan fingerprint density at radius 2 is 1.95 bits per heavy atom. The molecule has 0 saturated heterocycles. The Hall–Kier alpha value is -1.59. The maximum absolute atomic E-state index is 13.2. The molecule has 0 aliphatic rings. The van der Waals surface area contributed by atoms with Crippen LogP contribution in [0.4, 0.5) is 4.39 Å². The summed E-state index contributed by atoms with van der Waals surface area (Å²) in [7, 11) is 1.61. The van der Waals surface area contributed by atoms with Crippen LogP contribution in [0.25, 0.3) is 0 Å². The smallest absolute Gasteiger partial charge is 0.136 e. The molecule has 5 heteroatoms. The monoisotopic (exact) mass is 339 g/mol. The lowest BCUT2D eigenvalue weighted by Crippen LogP contribution is -2.03. The van der Waals surface area contributed by atoms with Gasteiger partial charge in [-0.15, -0.1) is 0 Å². The van der Waals surface area contributed by atoms with Gasteiger partial charge in [-0.1, -0.05) is 6.07 Å². The number of halogens is 2. The van der Waals surface area contributed by atoms with Crippen molar-refractivity contribution in [1.82, 2.24) is 0 Å². The molecule has 0 aromatic heterocycles. The Morgan fingerprint density at radius 3 is 2.65 bits per heavy atom. The molecule has 0 heterocycles. The van der Waals surface area contributed by atoms with E-state index in [1.54, 1.807) is 13.2 Å². The minimum atomic E-state index is -0.333. The van der Waals surface area contributed by atoms with Crippen LogP contribution in [-0.4, -0.2) is 7.11 Å². The maximum atomic E-state index is 13.2. The molecule has 0 aliphatic heterocycles. The molecule has 0 saturated carbocycles. The van der Waals surface area contributed by atoms with E-state index in [1.807, 2.05) is 18.2 Å². The van der Waals surface area contributed by atoms with E-state index in [4.69, 9.17) is 15.2 Å². The number of methoxy groups -OCH3 is 1. The summed E-state index contributed by atoms with van der Waals surface area (Å²) in [4.78, 5) is 0. The van der Waals surface area contributed by atoms with Crippen molar-refractivity contribution in [2.45, 2.75) is 13.2 Å². The molecule has 106 valence electrons. The standard InChI is InChI=1S/C15H15BrFNO2/c1-19-14-5-2-10(6-11(14)8-18)9-20-15-7-12(17)3-4-13(15)16/h2-7H,8-9,18H2,1H3. The second-order valence-electron chi connectivity index (χ2n) is 4.21. The lowest BCUT2D eigenvalue weighted by Gasteiger charge is -2.11. The zero-order chi connectivity index (χ0) is 14.5. The van der Waals surface area contributed by atoms with Gasteiger partial charge in [-0.25, -0.2) is 4.39 Å². The molecular formula is C15H15BrFNO2. The first-order chi connectivity index (χ1) is 9.63. The summed E-state index contributed by atoms with van der Waals surface area (Å²) >= 11 is 3.32. The minimum absolute atomic E-state index is 0.332. The first-order valence-electron chi connectivity index (χ1n) is 6.07. The van der Waals surface area contributed by atoms with Crippen molar-refractivity contribution in [3.63, 3.8) is 0 Å². The number of nitrogens with two attached hydrogens (primary N) is 1. The number of benzene rings is 2. The number of ether oxygens (including phenoxy) is 2. The first kappa shape index (κ1) is 14.8. The molecular weight excluding hydrogens is 325 g/mol. The predicted octanol–water partition coefficient (Wildman–Crippen LogP) is 3.63. The largest absolute Gasteiger partial charge is 0.496 e. The maximum Gasteiger partial charge on any atom is 0.136 e. The summed E-state index contributed by atoms with van der Waals surface area (Å²) in [6.07, 6.45) is 0. The van der Waals surface area contributed by atoms with Crippen LogP contribution in [0.15, 0.2) is 40.9 Å². The molecule has 0 fully saturated rings. The Labute approximate surface area is 125 Å². The van der Waals surface area contributed by atoms with Crippen LogP contribution in [0.3, 0.4) is 0 Å². The Bertz CT molecular complexity index is 604. The van der Waals surface area contributed by atoms with E-state index < -0.39 is 0 Å². The number of hydrogen-bond donors (Lipinski definition) is 1. The molecule has 0 radical (unpaired) electrons. The van der Waals surface area contributed by atoms with Gasteiger partial charge in [0.2, 0.25) is 0 Å². The van der Waals surface area contributed by atoms with Crippen LogP contribution in [0.2, 0.25) is 0 Å². The fourth-order valence-corrected chi connectivity index (χ4v) is 2.19. The molecule has 0 spiro atoms. The summed E-state index contributed by atoms with van der Waals surface area (Å²) in [5, 5.41) is 0. The van der Waals surface area contributed by atoms with Crippen molar-refractivity contribution in [2.75, 3.05) is 7.11 Å². The molecule has 0 aliphatic carbocycles. The molecule has 0 unspecified atom stereocenters. The number of hydrogen-bond acceptors (Lipinski definition) is 3. The lowest BCUT2D eigenvalue weighted by atomic mass is 10.1. The average Bonchev–Trinajstić information content (AvgIpc) is 2.47. The minimum Gasteiger partial charge on any atom is -0.496 e.